The minimum atomic E-state index is -1.04. The number of nitrogens with one attached hydrogen (secondary N) is 1. The number of aliphatic carboxylic acids is 1. The molecule has 90 valence electrons. The van der Waals surface area contributed by atoms with E-state index in [0.717, 1.165) is 12.3 Å². The minimum Gasteiger partial charge on any atom is -0.478 e. The van der Waals surface area contributed by atoms with Crippen LogP contribution in [0.15, 0.2) is 11.1 Å². The molecule has 1 aliphatic carbocycles. The van der Waals surface area contributed by atoms with Gasteiger partial charge in [-0.3, -0.25) is 4.79 Å². The van der Waals surface area contributed by atoms with Crippen molar-refractivity contribution in [2.75, 3.05) is 6.54 Å². The first-order chi connectivity index (χ1) is 7.52. The number of carbonyl (C=O) groups excluding carboxylic acids is 1. The normalized spacial score (nSPS) is 16.6. The Labute approximate surface area is 95.7 Å². The van der Waals surface area contributed by atoms with Gasteiger partial charge in [0.25, 0.3) is 0 Å². The van der Waals surface area contributed by atoms with Crippen LogP contribution in [0, 0.1) is 5.92 Å². The first-order valence-corrected chi connectivity index (χ1v) is 5.71. The molecule has 1 amide bonds. The summed E-state index contributed by atoms with van der Waals surface area (Å²) in [6, 6.07) is 0. The molecule has 0 radical (unpaired) electrons. The summed E-state index contributed by atoms with van der Waals surface area (Å²) in [5.41, 5.74) is 0.401. The molecule has 0 atom stereocenters. The fourth-order valence-electron chi connectivity index (χ4n) is 1.46. The predicted molar refractivity (Wildman–Crippen MR) is 61.0 cm³/mol. The Morgan fingerprint density at radius 3 is 2.38 bits per heavy atom. The van der Waals surface area contributed by atoms with E-state index in [1.54, 1.807) is 6.92 Å². The van der Waals surface area contributed by atoms with E-state index in [2.05, 4.69) is 5.32 Å². The average Bonchev–Trinajstić information content (AvgIpc) is 3.05. The highest BCUT2D eigenvalue weighted by molar-refractivity contribution is 6.01. The summed E-state index contributed by atoms with van der Waals surface area (Å²) < 4.78 is 0. The van der Waals surface area contributed by atoms with E-state index in [-0.39, 0.29) is 11.5 Å². The Hall–Kier alpha value is -1.32. The maximum absolute atomic E-state index is 11.5. The van der Waals surface area contributed by atoms with E-state index in [1.807, 2.05) is 0 Å². The zero-order chi connectivity index (χ0) is 12.1. The molecule has 1 aliphatic rings. The lowest BCUT2D eigenvalue weighted by molar-refractivity contribution is -0.133. The van der Waals surface area contributed by atoms with Crippen LogP contribution in [-0.2, 0) is 9.59 Å². The van der Waals surface area contributed by atoms with Crippen molar-refractivity contribution in [1.82, 2.24) is 5.32 Å². The van der Waals surface area contributed by atoms with Gasteiger partial charge in [0.1, 0.15) is 0 Å². The van der Waals surface area contributed by atoms with E-state index in [9.17, 15) is 9.59 Å². The number of rotatable bonds is 6. The second-order valence-corrected chi connectivity index (χ2v) is 4.40. The Bertz CT molecular complexity index is 316. The molecule has 0 bridgehead atoms. The van der Waals surface area contributed by atoms with Gasteiger partial charge in [0.05, 0.1) is 0 Å². The first-order valence-electron chi connectivity index (χ1n) is 5.71. The molecule has 0 unspecified atom stereocenters. The molecule has 16 heavy (non-hydrogen) atoms. The number of carbonyl (C=O) groups is 2. The molecule has 0 aromatic carbocycles. The smallest absolute Gasteiger partial charge is 0.331 e. The van der Waals surface area contributed by atoms with Crippen molar-refractivity contribution in [3.63, 3.8) is 0 Å². The fourth-order valence-corrected chi connectivity index (χ4v) is 1.46. The third-order valence-electron chi connectivity index (χ3n) is 3.00. The number of hydrogen-bond donors (Lipinski definition) is 2. The van der Waals surface area contributed by atoms with Gasteiger partial charge in [-0.2, -0.15) is 0 Å². The Morgan fingerprint density at radius 2 is 1.88 bits per heavy atom. The molecular formula is C12H19NO3. The van der Waals surface area contributed by atoms with Gasteiger partial charge >= 0.3 is 5.97 Å². The molecule has 0 aromatic rings. The molecule has 0 saturated heterocycles. The lowest BCUT2D eigenvalue weighted by atomic mass is 10.1. The average molecular weight is 225 g/mol. The molecule has 4 nitrogen and oxygen atoms in total. The van der Waals surface area contributed by atoms with Crippen molar-refractivity contribution in [1.29, 1.82) is 0 Å². The van der Waals surface area contributed by atoms with E-state index in [0.29, 0.717) is 12.1 Å². The van der Waals surface area contributed by atoms with Crippen molar-refractivity contribution in [2.45, 2.75) is 39.5 Å². The van der Waals surface area contributed by atoms with Gasteiger partial charge in [0, 0.05) is 17.7 Å². The third kappa shape index (κ3) is 4.04. The van der Waals surface area contributed by atoms with E-state index in [4.69, 9.17) is 5.11 Å². The van der Waals surface area contributed by atoms with Crippen LogP contribution >= 0.6 is 0 Å². The van der Waals surface area contributed by atoms with Crippen molar-refractivity contribution in [2.24, 2.45) is 5.92 Å². The van der Waals surface area contributed by atoms with Crippen molar-refractivity contribution < 1.29 is 14.7 Å². The van der Waals surface area contributed by atoms with Crippen LogP contribution in [0.5, 0.6) is 0 Å². The SMILES string of the molecule is CC(C(=O)O)=C(C)C(=O)NCCCC1CC1. The monoisotopic (exact) mass is 225 g/mol. The van der Waals surface area contributed by atoms with Crippen LogP contribution in [-0.4, -0.2) is 23.5 Å². The summed E-state index contributed by atoms with van der Waals surface area (Å²) in [6.07, 6.45) is 4.80. The van der Waals surface area contributed by atoms with Crippen LogP contribution in [0.1, 0.15) is 39.5 Å². The minimum absolute atomic E-state index is 0.111. The number of hydrogen-bond acceptors (Lipinski definition) is 2. The standard InChI is InChI=1S/C12H19NO3/c1-8(9(2)12(15)16)11(14)13-7-3-4-10-5-6-10/h10H,3-7H2,1-2H3,(H,13,14)(H,15,16). The molecule has 1 fully saturated rings. The molecule has 0 heterocycles. The second kappa shape index (κ2) is 5.68. The summed E-state index contributed by atoms with van der Waals surface area (Å²) in [4.78, 5) is 22.2. The summed E-state index contributed by atoms with van der Waals surface area (Å²) >= 11 is 0. The van der Waals surface area contributed by atoms with Crippen LogP contribution in [0.4, 0.5) is 0 Å². The van der Waals surface area contributed by atoms with Crippen LogP contribution < -0.4 is 5.32 Å². The zero-order valence-corrected chi connectivity index (χ0v) is 9.88. The number of carboxylic acid groups (broad SMARTS) is 1. The topological polar surface area (TPSA) is 66.4 Å². The van der Waals surface area contributed by atoms with E-state index < -0.39 is 5.97 Å². The van der Waals surface area contributed by atoms with Crippen molar-refractivity contribution in [3.05, 3.63) is 11.1 Å². The highest BCUT2D eigenvalue weighted by Crippen LogP contribution is 2.33. The number of carboxylic acids is 1. The largest absolute Gasteiger partial charge is 0.478 e. The van der Waals surface area contributed by atoms with Gasteiger partial charge in [-0.25, -0.2) is 4.79 Å². The molecule has 0 spiro atoms. The summed E-state index contributed by atoms with van der Waals surface area (Å²) in [5.74, 6) is -0.435. The maximum Gasteiger partial charge on any atom is 0.331 e. The molecule has 4 heteroatoms. The van der Waals surface area contributed by atoms with Crippen molar-refractivity contribution >= 4 is 11.9 Å². The molecule has 1 saturated carbocycles. The van der Waals surface area contributed by atoms with Crippen LogP contribution in [0.2, 0.25) is 0 Å². The summed E-state index contributed by atoms with van der Waals surface area (Å²) in [6.45, 7) is 3.63. The highest BCUT2D eigenvalue weighted by Gasteiger charge is 2.20. The Balaban J connectivity index is 2.27. The summed E-state index contributed by atoms with van der Waals surface area (Å²) in [5, 5.41) is 11.5. The van der Waals surface area contributed by atoms with E-state index >= 15 is 0 Å². The predicted octanol–water partition coefficient (Wildman–Crippen LogP) is 1.71. The van der Waals surface area contributed by atoms with Gasteiger partial charge in [-0.1, -0.05) is 12.8 Å². The lowest BCUT2D eigenvalue weighted by Crippen LogP contribution is -2.26. The second-order valence-electron chi connectivity index (χ2n) is 4.40. The third-order valence-corrected chi connectivity index (χ3v) is 3.00. The molecule has 1 rings (SSSR count). The van der Waals surface area contributed by atoms with Gasteiger partial charge in [0.15, 0.2) is 0 Å². The maximum atomic E-state index is 11.5. The molecule has 0 aliphatic heterocycles. The zero-order valence-electron chi connectivity index (χ0n) is 9.88. The summed E-state index contributed by atoms with van der Waals surface area (Å²) in [7, 11) is 0. The lowest BCUT2D eigenvalue weighted by Gasteiger charge is -2.06. The van der Waals surface area contributed by atoms with Gasteiger partial charge in [-0.05, 0) is 32.6 Å². The quantitative estimate of drug-likeness (QED) is 0.534. The van der Waals surface area contributed by atoms with Gasteiger partial charge < -0.3 is 10.4 Å². The number of amides is 1. The molecule has 2 N–H and O–H groups in total. The van der Waals surface area contributed by atoms with Crippen molar-refractivity contribution in [3.8, 4) is 0 Å². The fraction of sp³-hybridized carbons (Fsp3) is 0.667. The molecule has 0 aromatic heterocycles. The van der Waals surface area contributed by atoms with Crippen LogP contribution in [0.25, 0.3) is 0 Å². The first kappa shape index (κ1) is 12.7. The van der Waals surface area contributed by atoms with Gasteiger partial charge in [0.2, 0.25) is 5.91 Å². The molecular weight excluding hydrogens is 206 g/mol. The van der Waals surface area contributed by atoms with Gasteiger partial charge in [-0.15, -0.1) is 0 Å². The van der Waals surface area contributed by atoms with E-state index in [1.165, 1.54) is 26.2 Å². The Kier molecular flexibility index (Phi) is 4.52. The highest BCUT2D eigenvalue weighted by atomic mass is 16.4. The Morgan fingerprint density at radius 1 is 1.25 bits per heavy atom. The van der Waals surface area contributed by atoms with Crippen LogP contribution in [0.3, 0.4) is 0 Å².